The first-order valence-corrected chi connectivity index (χ1v) is 8.42. The van der Waals surface area contributed by atoms with Gasteiger partial charge in [-0.15, -0.1) is 0 Å². The van der Waals surface area contributed by atoms with Crippen LogP contribution >= 0.6 is 0 Å². The van der Waals surface area contributed by atoms with Crippen LogP contribution in [0.1, 0.15) is 32.1 Å². The SMILES string of the molecule is COCC(=O)N1CCC(NC(=O)C2C3CCC(C3)C2N)CC1. The molecule has 0 aromatic heterocycles. The van der Waals surface area contributed by atoms with Gasteiger partial charge in [0, 0.05) is 32.3 Å². The monoisotopic (exact) mass is 309 g/mol. The summed E-state index contributed by atoms with van der Waals surface area (Å²) in [5.74, 6) is 1.22. The van der Waals surface area contributed by atoms with Gasteiger partial charge in [0.15, 0.2) is 0 Å². The van der Waals surface area contributed by atoms with Crippen molar-refractivity contribution in [3.8, 4) is 0 Å². The van der Waals surface area contributed by atoms with Gasteiger partial charge < -0.3 is 20.7 Å². The second-order valence-corrected chi connectivity index (χ2v) is 7.03. The molecule has 1 saturated heterocycles. The standard InChI is InChI=1S/C16H27N3O3/c1-22-9-13(20)19-6-4-12(5-7-19)18-16(21)14-10-2-3-11(8-10)15(14)17/h10-12,14-15H,2-9,17H2,1H3,(H,18,21). The number of nitrogens with two attached hydrogens (primary N) is 1. The molecular weight excluding hydrogens is 282 g/mol. The first-order chi connectivity index (χ1) is 10.6. The molecule has 2 aliphatic carbocycles. The maximum Gasteiger partial charge on any atom is 0.248 e. The Labute approximate surface area is 131 Å². The molecule has 0 aromatic rings. The number of piperidine rings is 1. The molecule has 3 aliphatic rings. The summed E-state index contributed by atoms with van der Waals surface area (Å²) in [4.78, 5) is 26.1. The number of rotatable bonds is 4. The molecule has 3 N–H and O–H groups in total. The molecule has 6 heteroatoms. The third kappa shape index (κ3) is 2.99. The summed E-state index contributed by atoms with van der Waals surface area (Å²) in [6, 6.07) is 0.215. The quantitative estimate of drug-likeness (QED) is 0.772. The lowest BCUT2D eigenvalue weighted by molar-refractivity contribution is -0.136. The van der Waals surface area contributed by atoms with E-state index in [1.807, 2.05) is 4.90 Å². The summed E-state index contributed by atoms with van der Waals surface area (Å²) in [6.07, 6.45) is 5.10. The highest BCUT2D eigenvalue weighted by Crippen LogP contribution is 2.47. The van der Waals surface area contributed by atoms with Crippen molar-refractivity contribution in [2.24, 2.45) is 23.5 Å². The molecule has 2 amide bonds. The Morgan fingerprint density at radius 1 is 1.18 bits per heavy atom. The number of carbonyl (C=O) groups is 2. The van der Waals surface area contributed by atoms with E-state index < -0.39 is 0 Å². The zero-order valence-electron chi connectivity index (χ0n) is 13.3. The van der Waals surface area contributed by atoms with Crippen LogP contribution in [0.4, 0.5) is 0 Å². The van der Waals surface area contributed by atoms with E-state index >= 15 is 0 Å². The molecule has 1 heterocycles. The fourth-order valence-electron chi connectivity index (χ4n) is 4.51. The van der Waals surface area contributed by atoms with Gasteiger partial charge in [0.05, 0.1) is 5.92 Å². The van der Waals surface area contributed by atoms with Crippen LogP contribution in [0.2, 0.25) is 0 Å². The maximum absolute atomic E-state index is 12.5. The summed E-state index contributed by atoms with van der Waals surface area (Å²) in [6.45, 7) is 1.52. The van der Waals surface area contributed by atoms with Gasteiger partial charge in [0.25, 0.3) is 0 Å². The predicted molar refractivity (Wildman–Crippen MR) is 81.9 cm³/mol. The molecule has 4 unspecified atom stereocenters. The van der Waals surface area contributed by atoms with E-state index in [9.17, 15) is 9.59 Å². The largest absolute Gasteiger partial charge is 0.375 e. The summed E-state index contributed by atoms with van der Waals surface area (Å²) < 4.78 is 4.88. The van der Waals surface area contributed by atoms with Crippen LogP contribution in [-0.4, -0.2) is 55.6 Å². The zero-order chi connectivity index (χ0) is 15.7. The van der Waals surface area contributed by atoms with Gasteiger partial charge in [-0.1, -0.05) is 0 Å². The second-order valence-electron chi connectivity index (χ2n) is 7.03. The second kappa shape index (κ2) is 6.54. The minimum atomic E-state index is 0.00639. The molecule has 22 heavy (non-hydrogen) atoms. The molecule has 2 bridgehead atoms. The minimum Gasteiger partial charge on any atom is -0.375 e. The van der Waals surface area contributed by atoms with E-state index in [0.29, 0.717) is 24.9 Å². The molecule has 1 aliphatic heterocycles. The lowest BCUT2D eigenvalue weighted by Crippen LogP contribution is -2.51. The topological polar surface area (TPSA) is 84.7 Å². The Hall–Kier alpha value is -1.14. The third-order valence-electron chi connectivity index (χ3n) is 5.75. The van der Waals surface area contributed by atoms with Crippen LogP contribution in [0.15, 0.2) is 0 Å². The Balaban J connectivity index is 1.47. The zero-order valence-corrected chi connectivity index (χ0v) is 13.3. The normalized spacial score (nSPS) is 34.9. The molecule has 4 atom stereocenters. The lowest BCUT2D eigenvalue weighted by Gasteiger charge is -2.34. The van der Waals surface area contributed by atoms with E-state index in [-0.39, 0.29) is 36.4 Å². The van der Waals surface area contributed by atoms with Crippen molar-refractivity contribution in [2.75, 3.05) is 26.8 Å². The van der Waals surface area contributed by atoms with Gasteiger partial charge >= 0.3 is 0 Å². The van der Waals surface area contributed by atoms with Gasteiger partial charge in [0.2, 0.25) is 11.8 Å². The summed E-state index contributed by atoms with van der Waals surface area (Å²) in [7, 11) is 1.53. The molecule has 124 valence electrons. The fraction of sp³-hybridized carbons (Fsp3) is 0.875. The highest BCUT2D eigenvalue weighted by Gasteiger charge is 2.49. The maximum atomic E-state index is 12.5. The number of amides is 2. The molecular formula is C16H27N3O3. The van der Waals surface area contributed by atoms with Gasteiger partial charge in [-0.05, 0) is 43.9 Å². The molecule has 3 fully saturated rings. The predicted octanol–water partition coefficient (Wildman–Crippen LogP) is 0.113. The highest BCUT2D eigenvalue weighted by molar-refractivity contribution is 5.81. The first-order valence-electron chi connectivity index (χ1n) is 8.42. The van der Waals surface area contributed by atoms with E-state index in [4.69, 9.17) is 10.5 Å². The number of hydrogen-bond acceptors (Lipinski definition) is 4. The Bertz CT molecular complexity index is 432. The molecule has 6 nitrogen and oxygen atoms in total. The van der Waals surface area contributed by atoms with E-state index in [0.717, 1.165) is 25.7 Å². The first kappa shape index (κ1) is 15.7. The number of ether oxygens (including phenoxy) is 1. The molecule has 0 aromatic carbocycles. The third-order valence-corrected chi connectivity index (χ3v) is 5.75. The van der Waals surface area contributed by atoms with Crippen molar-refractivity contribution in [1.29, 1.82) is 0 Å². The van der Waals surface area contributed by atoms with Crippen LogP contribution in [0.5, 0.6) is 0 Å². The van der Waals surface area contributed by atoms with Crippen LogP contribution in [0.3, 0.4) is 0 Å². The smallest absolute Gasteiger partial charge is 0.248 e. The fourth-order valence-corrected chi connectivity index (χ4v) is 4.51. The molecule has 3 rings (SSSR count). The minimum absolute atomic E-state index is 0.00639. The van der Waals surface area contributed by atoms with Crippen LogP contribution in [0, 0.1) is 17.8 Å². The van der Waals surface area contributed by atoms with E-state index in [2.05, 4.69) is 5.32 Å². The highest BCUT2D eigenvalue weighted by atomic mass is 16.5. The van der Waals surface area contributed by atoms with Crippen LogP contribution in [0.25, 0.3) is 0 Å². The average molecular weight is 309 g/mol. The number of carbonyl (C=O) groups excluding carboxylic acids is 2. The van der Waals surface area contributed by atoms with E-state index in [1.54, 1.807) is 0 Å². The molecule has 0 radical (unpaired) electrons. The molecule has 0 spiro atoms. The van der Waals surface area contributed by atoms with Gasteiger partial charge in [-0.3, -0.25) is 9.59 Å². The summed E-state index contributed by atoms with van der Waals surface area (Å²) in [5.41, 5.74) is 6.24. The summed E-state index contributed by atoms with van der Waals surface area (Å²) >= 11 is 0. The Kier molecular flexibility index (Phi) is 4.68. The summed E-state index contributed by atoms with van der Waals surface area (Å²) in [5, 5.41) is 3.18. The van der Waals surface area contributed by atoms with Crippen molar-refractivity contribution in [3.63, 3.8) is 0 Å². The Morgan fingerprint density at radius 2 is 1.86 bits per heavy atom. The van der Waals surface area contributed by atoms with Crippen LogP contribution in [-0.2, 0) is 14.3 Å². The average Bonchev–Trinajstić information content (AvgIpc) is 3.09. The van der Waals surface area contributed by atoms with Gasteiger partial charge in [-0.2, -0.15) is 0 Å². The van der Waals surface area contributed by atoms with Crippen molar-refractivity contribution in [2.45, 2.75) is 44.2 Å². The van der Waals surface area contributed by atoms with Crippen molar-refractivity contribution >= 4 is 11.8 Å². The van der Waals surface area contributed by atoms with E-state index in [1.165, 1.54) is 13.5 Å². The number of hydrogen-bond donors (Lipinski definition) is 2. The molecule has 2 saturated carbocycles. The van der Waals surface area contributed by atoms with Crippen molar-refractivity contribution in [1.82, 2.24) is 10.2 Å². The Morgan fingerprint density at radius 3 is 2.45 bits per heavy atom. The van der Waals surface area contributed by atoms with Crippen LogP contribution < -0.4 is 11.1 Å². The number of likely N-dealkylation sites (tertiary alicyclic amines) is 1. The van der Waals surface area contributed by atoms with Crippen molar-refractivity contribution in [3.05, 3.63) is 0 Å². The number of nitrogens with zero attached hydrogens (tertiary/aromatic N) is 1. The van der Waals surface area contributed by atoms with Gasteiger partial charge in [0.1, 0.15) is 6.61 Å². The number of methoxy groups -OCH3 is 1. The lowest BCUT2D eigenvalue weighted by atomic mass is 9.84. The number of nitrogens with one attached hydrogen (secondary N) is 1. The van der Waals surface area contributed by atoms with Gasteiger partial charge in [-0.25, -0.2) is 0 Å². The number of fused-ring (bicyclic) bond motifs is 2. The van der Waals surface area contributed by atoms with Crippen molar-refractivity contribution < 1.29 is 14.3 Å².